The molecule has 1 rings (SSSR count). The highest BCUT2D eigenvalue weighted by atomic mass is 79.9. The van der Waals surface area contributed by atoms with E-state index in [1.807, 2.05) is 12.1 Å². The molecule has 0 heterocycles. The minimum absolute atomic E-state index is 0.299. The summed E-state index contributed by atoms with van der Waals surface area (Å²) >= 11 is 3.28. The van der Waals surface area contributed by atoms with Crippen molar-refractivity contribution in [2.45, 2.75) is 11.2 Å². The molecule has 0 saturated carbocycles. The lowest BCUT2D eigenvalue weighted by Gasteiger charge is -2.10. The quantitative estimate of drug-likeness (QED) is 0.618. The van der Waals surface area contributed by atoms with Crippen molar-refractivity contribution in [3.8, 4) is 11.5 Å². The van der Waals surface area contributed by atoms with Crippen molar-refractivity contribution in [3.63, 3.8) is 0 Å². The first-order valence-electron chi connectivity index (χ1n) is 5.04. The van der Waals surface area contributed by atoms with Gasteiger partial charge in [-0.3, -0.25) is 4.79 Å². The minimum atomic E-state index is -0.371. The first-order chi connectivity index (χ1) is 8.10. The van der Waals surface area contributed by atoms with Gasteiger partial charge in [0.05, 0.1) is 21.3 Å². The van der Waals surface area contributed by atoms with Crippen molar-refractivity contribution >= 4 is 21.9 Å². The molecule has 5 heteroatoms. The highest BCUT2D eigenvalue weighted by Gasteiger charge is 2.16. The lowest BCUT2D eigenvalue weighted by Crippen LogP contribution is -2.18. The number of hydrogen-bond donors (Lipinski definition) is 0. The summed E-state index contributed by atoms with van der Waals surface area (Å²) in [4.78, 5) is 10.9. The smallest absolute Gasteiger partial charge is 0.319 e. The normalized spacial score (nSPS) is 11.8. The summed E-state index contributed by atoms with van der Waals surface area (Å²) in [5, 5.41) is 0. The molecule has 1 atom stereocenters. The molecule has 0 aliphatic heterocycles. The molecule has 0 radical (unpaired) electrons. The van der Waals surface area contributed by atoms with Crippen LogP contribution in [0.3, 0.4) is 0 Å². The van der Waals surface area contributed by atoms with Crippen LogP contribution in [-0.4, -0.2) is 32.1 Å². The third kappa shape index (κ3) is 3.93. The summed E-state index contributed by atoms with van der Waals surface area (Å²) in [7, 11) is 4.54. The second kappa shape index (κ2) is 6.49. The van der Waals surface area contributed by atoms with Crippen LogP contribution in [0.25, 0.3) is 0 Å². The second-order valence-corrected chi connectivity index (χ2v) is 4.52. The SMILES string of the molecule is COC(=O)C(Br)Cc1cc(OC)cc(OC)c1. The number of carbonyl (C=O) groups is 1. The fourth-order valence-electron chi connectivity index (χ4n) is 1.40. The van der Waals surface area contributed by atoms with E-state index in [0.717, 1.165) is 5.56 Å². The van der Waals surface area contributed by atoms with E-state index in [4.69, 9.17) is 9.47 Å². The fraction of sp³-hybridized carbons (Fsp3) is 0.417. The maximum atomic E-state index is 11.3. The molecular formula is C12H15BrO4. The van der Waals surface area contributed by atoms with Gasteiger partial charge in [-0.1, -0.05) is 15.9 Å². The third-order valence-corrected chi connectivity index (χ3v) is 2.98. The van der Waals surface area contributed by atoms with Gasteiger partial charge in [-0.2, -0.15) is 0 Å². The molecule has 0 aliphatic carbocycles. The molecule has 1 aromatic rings. The number of carbonyl (C=O) groups excluding carboxylic acids is 1. The van der Waals surface area contributed by atoms with Crippen LogP contribution < -0.4 is 9.47 Å². The van der Waals surface area contributed by atoms with E-state index < -0.39 is 0 Å². The number of ether oxygens (including phenoxy) is 3. The zero-order valence-corrected chi connectivity index (χ0v) is 11.6. The molecule has 1 unspecified atom stereocenters. The summed E-state index contributed by atoms with van der Waals surface area (Å²) in [6, 6.07) is 5.50. The van der Waals surface area contributed by atoms with E-state index >= 15 is 0 Å². The molecule has 0 aliphatic rings. The molecule has 17 heavy (non-hydrogen) atoms. The zero-order valence-electron chi connectivity index (χ0n) is 10.0. The van der Waals surface area contributed by atoms with Crippen LogP contribution in [-0.2, 0) is 16.0 Å². The summed E-state index contributed by atoms with van der Waals surface area (Å²) in [6.07, 6.45) is 0.514. The predicted molar refractivity (Wildman–Crippen MR) is 68.0 cm³/mol. The summed E-state index contributed by atoms with van der Waals surface area (Å²) in [5.41, 5.74) is 0.938. The Kier molecular flexibility index (Phi) is 5.28. The Morgan fingerprint density at radius 3 is 2.12 bits per heavy atom. The van der Waals surface area contributed by atoms with Gasteiger partial charge in [0.25, 0.3) is 0 Å². The Morgan fingerprint density at radius 1 is 1.18 bits per heavy atom. The number of hydrogen-bond acceptors (Lipinski definition) is 4. The Bertz CT molecular complexity index is 370. The summed E-state index contributed by atoms with van der Waals surface area (Å²) < 4.78 is 15.0. The molecule has 4 nitrogen and oxygen atoms in total. The molecule has 0 aromatic heterocycles. The van der Waals surface area contributed by atoms with Crippen LogP contribution in [0.1, 0.15) is 5.56 Å². The Balaban J connectivity index is 2.86. The molecule has 94 valence electrons. The Morgan fingerprint density at radius 2 is 1.71 bits per heavy atom. The molecule has 0 bridgehead atoms. The van der Waals surface area contributed by atoms with E-state index in [1.54, 1.807) is 20.3 Å². The average molecular weight is 303 g/mol. The fourth-order valence-corrected chi connectivity index (χ4v) is 1.96. The molecule has 0 saturated heterocycles. The zero-order chi connectivity index (χ0) is 12.8. The van der Waals surface area contributed by atoms with Crippen LogP contribution in [0.2, 0.25) is 0 Å². The van der Waals surface area contributed by atoms with Crippen LogP contribution in [0.4, 0.5) is 0 Å². The largest absolute Gasteiger partial charge is 0.497 e. The highest BCUT2D eigenvalue weighted by molar-refractivity contribution is 9.10. The van der Waals surface area contributed by atoms with Gasteiger partial charge < -0.3 is 14.2 Å². The molecule has 0 spiro atoms. The molecule has 1 aromatic carbocycles. The standard InChI is InChI=1S/C12H15BrO4/c1-15-9-4-8(5-10(7-9)16-2)6-11(13)12(14)17-3/h4-5,7,11H,6H2,1-3H3. The lowest BCUT2D eigenvalue weighted by atomic mass is 10.1. The van der Waals surface area contributed by atoms with Gasteiger partial charge in [-0.25, -0.2) is 0 Å². The van der Waals surface area contributed by atoms with Gasteiger partial charge in [0, 0.05) is 6.07 Å². The van der Waals surface area contributed by atoms with Crippen LogP contribution in [0, 0.1) is 0 Å². The Hall–Kier alpha value is -1.23. The predicted octanol–water partition coefficient (Wildman–Crippen LogP) is 2.18. The minimum Gasteiger partial charge on any atom is -0.497 e. The summed E-state index contributed by atoms with van der Waals surface area (Å²) in [6.45, 7) is 0. The number of methoxy groups -OCH3 is 3. The van der Waals surface area contributed by atoms with Crippen molar-refractivity contribution in [2.75, 3.05) is 21.3 Å². The van der Waals surface area contributed by atoms with Crippen LogP contribution in [0.5, 0.6) is 11.5 Å². The average Bonchev–Trinajstić information content (AvgIpc) is 2.36. The number of halogens is 1. The van der Waals surface area contributed by atoms with E-state index in [1.165, 1.54) is 7.11 Å². The lowest BCUT2D eigenvalue weighted by molar-refractivity contribution is -0.139. The number of rotatable bonds is 5. The molecular weight excluding hydrogens is 288 g/mol. The van der Waals surface area contributed by atoms with Crippen molar-refractivity contribution in [1.82, 2.24) is 0 Å². The van der Waals surface area contributed by atoms with Gasteiger partial charge in [0.15, 0.2) is 0 Å². The monoisotopic (exact) mass is 302 g/mol. The molecule has 0 N–H and O–H groups in total. The van der Waals surface area contributed by atoms with Crippen molar-refractivity contribution < 1.29 is 19.0 Å². The maximum Gasteiger partial charge on any atom is 0.319 e. The van der Waals surface area contributed by atoms with Crippen molar-refractivity contribution in [3.05, 3.63) is 23.8 Å². The van der Waals surface area contributed by atoms with Crippen molar-refractivity contribution in [2.24, 2.45) is 0 Å². The van der Waals surface area contributed by atoms with Gasteiger partial charge in [0.1, 0.15) is 16.3 Å². The van der Waals surface area contributed by atoms with Crippen LogP contribution >= 0.6 is 15.9 Å². The Labute approximate surface area is 109 Å². The number of benzene rings is 1. The number of alkyl halides is 1. The molecule has 0 fully saturated rings. The van der Waals surface area contributed by atoms with Crippen molar-refractivity contribution in [1.29, 1.82) is 0 Å². The van der Waals surface area contributed by atoms with E-state index in [9.17, 15) is 4.79 Å². The second-order valence-electron chi connectivity index (χ2n) is 3.42. The van der Waals surface area contributed by atoms with Gasteiger partial charge in [-0.15, -0.1) is 0 Å². The summed E-state index contributed by atoms with van der Waals surface area (Å²) in [5.74, 6) is 1.10. The highest BCUT2D eigenvalue weighted by Crippen LogP contribution is 2.24. The molecule has 0 amide bonds. The number of esters is 1. The van der Waals surface area contributed by atoms with Crippen LogP contribution in [0.15, 0.2) is 18.2 Å². The van der Waals surface area contributed by atoms with E-state index in [2.05, 4.69) is 20.7 Å². The topological polar surface area (TPSA) is 44.8 Å². The maximum absolute atomic E-state index is 11.3. The first kappa shape index (κ1) is 13.8. The first-order valence-corrected chi connectivity index (χ1v) is 5.96. The third-order valence-electron chi connectivity index (χ3n) is 2.28. The van der Waals surface area contributed by atoms with Gasteiger partial charge in [0.2, 0.25) is 0 Å². The van der Waals surface area contributed by atoms with Gasteiger partial charge >= 0.3 is 5.97 Å². The van der Waals surface area contributed by atoms with E-state index in [-0.39, 0.29) is 10.8 Å². The van der Waals surface area contributed by atoms with E-state index in [0.29, 0.717) is 17.9 Å². The van der Waals surface area contributed by atoms with Gasteiger partial charge in [-0.05, 0) is 24.1 Å².